The van der Waals surface area contributed by atoms with Crippen LogP contribution in [0.25, 0.3) is 0 Å². The average molecular weight is 182 g/mol. The van der Waals surface area contributed by atoms with Crippen LogP contribution in [-0.4, -0.2) is 43.6 Å². The van der Waals surface area contributed by atoms with Gasteiger partial charge in [0.1, 0.15) is 0 Å². The molecule has 1 saturated heterocycles. The van der Waals surface area contributed by atoms with Crippen LogP contribution in [-0.2, 0) is 9.53 Å². The summed E-state index contributed by atoms with van der Waals surface area (Å²) in [4.78, 5) is 13.5. The molecule has 1 fully saturated rings. The molecule has 2 aliphatic heterocycles. The number of carbonyl (C=O) groups excluding carboxylic acids is 1. The lowest BCUT2D eigenvalue weighted by molar-refractivity contribution is -0.130. The van der Waals surface area contributed by atoms with Gasteiger partial charge in [-0.2, -0.15) is 0 Å². The van der Waals surface area contributed by atoms with Gasteiger partial charge in [0.05, 0.1) is 6.61 Å². The predicted molar refractivity (Wildman–Crippen MR) is 48.1 cm³/mol. The summed E-state index contributed by atoms with van der Waals surface area (Å²) in [6, 6.07) is 0. The molecule has 0 spiro atoms. The van der Waals surface area contributed by atoms with E-state index in [0.29, 0.717) is 12.4 Å². The molecule has 0 bridgehead atoms. The Morgan fingerprint density at radius 2 is 2.23 bits per heavy atom. The van der Waals surface area contributed by atoms with Gasteiger partial charge < -0.3 is 15.0 Å². The molecule has 2 aliphatic rings. The highest BCUT2D eigenvalue weighted by molar-refractivity contribution is 5.91. The second-order valence-electron chi connectivity index (χ2n) is 3.25. The maximum absolute atomic E-state index is 11.7. The van der Waals surface area contributed by atoms with Crippen LogP contribution >= 0.6 is 0 Å². The molecule has 72 valence electrons. The van der Waals surface area contributed by atoms with E-state index in [0.717, 1.165) is 32.6 Å². The number of nitrogens with zero attached hydrogens (tertiary/aromatic N) is 1. The van der Waals surface area contributed by atoms with Crippen molar-refractivity contribution in [3.8, 4) is 0 Å². The van der Waals surface area contributed by atoms with Crippen molar-refractivity contribution in [1.29, 1.82) is 0 Å². The van der Waals surface area contributed by atoms with E-state index < -0.39 is 0 Å². The topological polar surface area (TPSA) is 41.6 Å². The predicted octanol–water partition coefficient (Wildman–Crippen LogP) is -0.278. The van der Waals surface area contributed by atoms with Crippen molar-refractivity contribution in [2.45, 2.75) is 6.42 Å². The van der Waals surface area contributed by atoms with Gasteiger partial charge in [0.15, 0.2) is 5.76 Å². The maximum Gasteiger partial charge on any atom is 0.288 e. The molecule has 0 aromatic carbocycles. The van der Waals surface area contributed by atoms with E-state index in [-0.39, 0.29) is 5.91 Å². The third-order valence-corrected chi connectivity index (χ3v) is 2.32. The smallest absolute Gasteiger partial charge is 0.288 e. The zero-order chi connectivity index (χ0) is 9.10. The largest absolute Gasteiger partial charge is 0.488 e. The average Bonchev–Trinajstić information content (AvgIpc) is 2.71. The normalized spacial score (nSPS) is 22.5. The molecule has 2 rings (SSSR count). The highest BCUT2D eigenvalue weighted by atomic mass is 16.5. The minimum Gasteiger partial charge on any atom is -0.488 e. The standard InChI is InChI=1S/C9H14N2O2/c12-9(8-2-1-7-13-8)11-5-3-10-4-6-11/h2,10H,1,3-7H2. The van der Waals surface area contributed by atoms with Crippen LogP contribution in [0.4, 0.5) is 0 Å². The third-order valence-electron chi connectivity index (χ3n) is 2.32. The van der Waals surface area contributed by atoms with Crippen molar-refractivity contribution in [2.24, 2.45) is 0 Å². The van der Waals surface area contributed by atoms with Gasteiger partial charge in [-0.15, -0.1) is 0 Å². The van der Waals surface area contributed by atoms with Gasteiger partial charge >= 0.3 is 0 Å². The van der Waals surface area contributed by atoms with E-state index in [1.54, 1.807) is 0 Å². The van der Waals surface area contributed by atoms with E-state index >= 15 is 0 Å². The van der Waals surface area contributed by atoms with Crippen molar-refractivity contribution in [1.82, 2.24) is 10.2 Å². The van der Waals surface area contributed by atoms with E-state index in [4.69, 9.17) is 4.74 Å². The number of carbonyl (C=O) groups is 1. The fourth-order valence-electron chi connectivity index (χ4n) is 1.59. The molecule has 0 unspecified atom stereocenters. The molecule has 0 aromatic heterocycles. The summed E-state index contributed by atoms with van der Waals surface area (Å²) in [5.74, 6) is 0.598. The summed E-state index contributed by atoms with van der Waals surface area (Å²) in [6.45, 7) is 4.02. The molecule has 4 nitrogen and oxygen atoms in total. The first-order valence-electron chi connectivity index (χ1n) is 4.71. The molecule has 1 amide bonds. The first-order chi connectivity index (χ1) is 6.38. The van der Waals surface area contributed by atoms with Crippen LogP contribution in [0.5, 0.6) is 0 Å². The lowest BCUT2D eigenvalue weighted by atomic mass is 10.3. The molecular weight excluding hydrogens is 168 g/mol. The molecule has 1 N–H and O–H groups in total. The Kier molecular flexibility index (Phi) is 2.49. The van der Waals surface area contributed by atoms with Gasteiger partial charge in [-0.1, -0.05) is 0 Å². The fourth-order valence-corrected chi connectivity index (χ4v) is 1.59. The number of rotatable bonds is 1. The minimum absolute atomic E-state index is 0.0546. The highest BCUT2D eigenvalue weighted by Crippen LogP contribution is 2.12. The van der Waals surface area contributed by atoms with E-state index in [9.17, 15) is 4.79 Å². The van der Waals surface area contributed by atoms with Crippen molar-refractivity contribution in [3.63, 3.8) is 0 Å². The van der Waals surface area contributed by atoms with E-state index in [2.05, 4.69) is 5.32 Å². The number of ether oxygens (including phenoxy) is 1. The molecule has 2 heterocycles. The van der Waals surface area contributed by atoms with Gasteiger partial charge in [-0.3, -0.25) is 4.79 Å². The fraction of sp³-hybridized carbons (Fsp3) is 0.667. The number of hydrogen-bond donors (Lipinski definition) is 1. The van der Waals surface area contributed by atoms with Gasteiger partial charge in [0.25, 0.3) is 5.91 Å². The quantitative estimate of drug-likeness (QED) is 0.606. The summed E-state index contributed by atoms with van der Waals surface area (Å²) >= 11 is 0. The second-order valence-corrected chi connectivity index (χ2v) is 3.25. The van der Waals surface area contributed by atoms with Crippen LogP contribution in [0.3, 0.4) is 0 Å². The van der Waals surface area contributed by atoms with Crippen LogP contribution in [0, 0.1) is 0 Å². The molecule has 4 heteroatoms. The van der Waals surface area contributed by atoms with Gasteiger partial charge in [0.2, 0.25) is 0 Å². The summed E-state index contributed by atoms with van der Waals surface area (Å²) in [7, 11) is 0. The Morgan fingerprint density at radius 1 is 1.46 bits per heavy atom. The maximum atomic E-state index is 11.7. The van der Waals surface area contributed by atoms with Crippen LogP contribution in [0.15, 0.2) is 11.8 Å². The van der Waals surface area contributed by atoms with Crippen LogP contribution in [0.2, 0.25) is 0 Å². The molecule has 0 radical (unpaired) electrons. The van der Waals surface area contributed by atoms with Crippen LogP contribution in [0.1, 0.15) is 6.42 Å². The van der Waals surface area contributed by atoms with Crippen molar-refractivity contribution in [2.75, 3.05) is 32.8 Å². The van der Waals surface area contributed by atoms with Gasteiger partial charge in [-0.05, 0) is 6.08 Å². The SMILES string of the molecule is O=C(C1=CCCO1)N1CCNCC1. The summed E-state index contributed by atoms with van der Waals surface area (Å²) < 4.78 is 5.22. The Hall–Kier alpha value is -1.03. The third kappa shape index (κ3) is 1.83. The van der Waals surface area contributed by atoms with Gasteiger partial charge in [-0.25, -0.2) is 0 Å². The molecule has 0 aliphatic carbocycles. The van der Waals surface area contributed by atoms with Crippen molar-refractivity contribution < 1.29 is 9.53 Å². The number of nitrogens with one attached hydrogen (secondary N) is 1. The lowest BCUT2D eigenvalue weighted by Gasteiger charge is -2.27. The monoisotopic (exact) mass is 182 g/mol. The van der Waals surface area contributed by atoms with Crippen LogP contribution < -0.4 is 5.32 Å². The summed E-state index contributed by atoms with van der Waals surface area (Å²) in [6.07, 6.45) is 2.75. The number of piperazine rings is 1. The Labute approximate surface area is 77.5 Å². The lowest BCUT2D eigenvalue weighted by Crippen LogP contribution is -2.46. The summed E-state index contributed by atoms with van der Waals surface area (Å²) in [5, 5.41) is 3.21. The summed E-state index contributed by atoms with van der Waals surface area (Å²) in [5.41, 5.74) is 0. The second kappa shape index (κ2) is 3.79. The van der Waals surface area contributed by atoms with Crippen molar-refractivity contribution >= 4 is 5.91 Å². The zero-order valence-corrected chi connectivity index (χ0v) is 7.58. The minimum atomic E-state index is 0.0546. The van der Waals surface area contributed by atoms with Crippen molar-refractivity contribution in [3.05, 3.63) is 11.8 Å². The van der Waals surface area contributed by atoms with Gasteiger partial charge in [0, 0.05) is 32.6 Å². The molecule has 13 heavy (non-hydrogen) atoms. The molecule has 0 saturated carbocycles. The first-order valence-corrected chi connectivity index (χ1v) is 4.71. The zero-order valence-electron chi connectivity index (χ0n) is 7.58. The van der Waals surface area contributed by atoms with E-state index in [1.807, 2.05) is 11.0 Å². The number of amides is 1. The molecule has 0 atom stereocenters. The highest BCUT2D eigenvalue weighted by Gasteiger charge is 2.22. The van der Waals surface area contributed by atoms with E-state index in [1.165, 1.54) is 0 Å². The first kappa shape index (κ1) is 8.56. The molecular formula is C9H14N2O2. The number of hydrogen-bond acceptors (Lipinski definition) is 3. The Bertz CT molecular complexity index is 232. The Morgan fingerprint density at radius 3 is 2.85 bits per heavy atom. The molecule has 0 aromatic rings. The Balaban J connectivity index is 1.94.